The first-order chi connectivity index (χ1) is 11.3. The van der Waals surface area contributed by atoms with Gasteiger partial charge in [0.1, 0.15) is 0 Å². The highest BCUT2D eigenvalue weighted by Crippen LogP contribution is 2.40. The molecule has 0 fully saturated rings. The molecule has 0 spiro atoms. The van der Waals surface area contributed by atoms with E-state index >= 15 is 0 Å². The molecule has 3 aromatic rings. The first-order valence-corrected chi connectivity index (χ1v) is 9.26. The van der Waals surface area contributed by atoms with Crippen LogP contribution in [0.25, 0.3) is 21.5 Å². The zero-order chi connectivity index (χ0) is 17.5. The molecule has 0 aliphatic carbocycles. The highest BCUT2D eigenvalue weighted by molar-refractivity contribution is 5.99. The molecule has 0 atom stereocenters. The van der Waals surface area contributed by atoms with E-state index in [2.05, 4.69) is 90.1 Å². The van der Waals surface area contributed by atoms with E-state index in [9.17, 15) is 0 Å². The molecule has 0 aliphatic heterocycles. The van der Waals surface area contributed by atoms with Crippen molar-refractivity contribution in [3.05, 3.63) is 59.7 Å². The fourth-order valence-electron chi connectivity index (χ4n) is 3.49. The van der Waals surface area contributed by atoms with E-state index in [0.29, 0.717) is 0 Å². The Balaban J connectivity index is 2.37. The fourth-order valence-corrected chi connectivity index (χ4v) is 3.49. The van der Waals surface area contributed by atoms with Crippen LogP contribution in [0, 0.1) is 0 Å². The van der Waals surface area contributed by atoms with Gasteiger partial charge in [0.25, 0.3) is 0 Å². The van der Waals surface area contributed by atoms with Crippen molar-refractivity contribution >= 4 is 21.5 Å². The molecule has 0 heteroatoms. The van der Waals surface area contributed by atoms with Crippen LogP contribution in [0.15, 0.2) is 48.5 Å². The third-order valence-corrected chi connectivity index (χ3v) is 6.07. The maximum Gasteiger partial charge on any atom is -0.0103 e. The Morgan fingerprint density at radius 2 is 0.958 bits per heavy atom. The van der Waals surface area contributed by atoms with Crippen LogP contribution < -0.4 is 0 Å². The molecule has 3 aromatic carbocycles. The number of fused-ring (bicyclic) bond motifs is 2. The van der Waals surface area contributed by atoms with E-state index < -0.39 is 0 Å². The van der Waals surface area contributed by atoms with Gasteiger partial charge in [-0.25, -0.2) is 0 Å². The van der Waals surface area contributed by atoms with Gasteiger partial charge in [-0.3, -0.25) is 0 Å². The SMILES string of the molecule is CCC(C)(C)c1cc2cc3ccccc3cc2cc1C(C)(C)CC. The molecular formula is C24H30. The van der Waals surface area contributed by atoms with Crippen molar-refractivity contribution in [2.45, 2.75) is 65.2 Å². The monoisotopic (exact) mass is 318 g/mol. The van der Waals surface area contributed by atoms with Crippen LogP contribution >= 0.6 is 0 Å². The summed E-state index contributed by atoms with van der Waals surface area (Å²) in [5.41, 5.74) is 3.42. The maximum absolute atomic E-state index is 2.46. The van der Waals surface area contributed by atoms with Gasteiger partial charge in [0.05, 0.1) is 0 Å². The van der Waals surface area contributed by atoms with Crippen LogP contribution in [-0.2, 0) is 10.8 Å². The van der Waals surface area contributed by atoms with Gasteiger partial charge in [0.15, 0.2) is 0 Å². The molecule has 24 heavy (non-hydrogen) atoms. The Kier molecular flexibility index (Phi) is 4.20. The second-order valence-corrected chi connectivity index (χ2v) is 8.42. The van der Waals surface area contributed by atoms with Crippen molar-refractivity contribution in [1.82, 2.24) is 0 Å². The fraction of sp³-hybridized carbons (Fsp3) is 0.417. The molecule has 0 bridgehead atoms. The van der Waals surface area contributed by atoms with Crippen molar-refractivity contribution < 1.29 is 0 Å². The minimum atomic E-state index is 0.196. The number of hydrogen-bond acceptors (Lipinski definition) is 0. The summed E-state index contributed by atoms with van der Waals surface area (Å²) in [7, 11) is 0. The third-order valence-electron chi connectivity index (χ3n) is 6.07. The molecule has 0 aromatic heterocycles. The van der Waals surface area contributed by atoms with Gasteiger partial charge < -0.3 is 0 Å². The van der Waals surface area contributed by atoms with Crippen LogP contribution in [-0.4, -0.2) is 0 Å². The Labute approximate surface area is 146 Å². The van der Waals surface area contributed by atoms with Gasteiger partial charge in [-0.05, 0) is 68.5 Å². The zero-order valence-corrected chi connectivity index (χ0v) is 16.0. The van der Waals surface area contributed by atoms with E-state index in [1.165, 1.54) is 32.7 Å². The predicted molar refractivity (Wildman–Crippen MR) is 108 cm³/mol. The predicted octanol–water partition coefficient (Wildman–Crippen LogP) is 7.37. The summed E-state index contributed by atoms with van der Waals surface area (Å²) in [4.78, 5) is 0. The lowest BCUT2D eigenvalue weighted by Gasteiger charge is -2.34. The Morgan fingerprint density at radius 1 is 0.583 bits per heavy atom. The highest BCUT2D eigenvalue weighted by atomic mass is 14.3. The van der Waals surface area contributed by atoms with E-state index in [0.717, 1.165) is 12.8 Å². The molecular weight excluding hydrogens is 288 g/mol. The second kappa shape index (κ2) is 5.92. The normalized spacial score (nSPS) is 12.9. The van der Waals surface area contributed by atoms with Gasteiger partial charge in [0, 0.05) is 0 Å². The summed E-state index contributed by atoms with van der Waals surface area (Å²) in [6.45, 7) is 14.1. The molecule has 0 N–H and O–H groups in total. The summed E-state index contributed by atoms with van der Waals surface area (Å²) in [5, 5.41) is 5.38. The van der Waals surface area contributed by atoms with Gasteiger partial charge >= 0.3 is 0 Å². The van der Waals surface area contributed by atoms with Crippen molar-refractivity contribution in [3.8, 4) is 0 Å². The van der Waals surface area contributed by atoms with Gasteiger partial charge in [0.2, 0.25) is 0 Å². The Hall–Kier alpha value is -1.82. The molecule has 0 nitrogen and oxygen atoms in total. The molecule has 3 rings (SSSR count). The molecule has 0 heterocycles. The topological polar surface area (TPSA) is 0 Å². The number of rotatable bonds is 4. The smallest absolute Gasteiger partial charge is 0.0103 e. The molecule has 0 unspecified atom stereocenters. The van der Waals surface area contributed by atoms with Crippen LogP contribution in [0.4, 0.5) is 0 Å². The van der Waals surface area contributed by atoms with E-state index in [4.69, 9.17) is 0 Å². The summed E-state index contributed by atoms with van der Waals surface area (Å²) in [6, 6.07) is 18.3. The lowest BCUT2D eigenvalue weighted by atomic mass is 9.70. The largest absolute Gasteiger partial charge is 0.0646 e. The van der Waals surface area contributed by atoms with Gasteiger partial charge in [-0.1, -0.05) is 77.9 Å². The van der Waals surface area contributed by atoms with Crippen LogP contribution in [0.2, 0.25) is 0 Å². The highest BCUT2D eigenvalue weighted by Gasteiger charge is 2.29. The molecule has 0 radical (unpaired) electrons. The quantitative estimate of drug-likeness (QED) is 0.440. The maximum atomic E-state index is 2.46. The molecule has 0 amide bonds. The molecule has 0 aliphatic rings. The summed E-state index contributed by atoms with van der Waals surface area (Å²) >= 11 is 0. The third kappa shape index (κ3) is 2.83. The number of benzene rings is 3. The molecule has 0 saturated carbocycles. The second-order valence-electron chi connectivity index (χ2n) is 8.42. The lowest BCUT2D eigenvalue weighted by molar-refractivity contribution is 0.456. The number of hydrogen-bond donors (Lipinski definition) is 0. The standard InChI is InChI=1S/C24H30/c1-7-23(3,4)21-15-19-13-17-11-9-10-12-18(17)14-20(19)16-22(21)24(5,6)8-2/h9-16H,7-8H2,1-6H3. The van der Waals surface area contributed by atoms with Gasteiger partial charge in [-0.15, -0.1) is 0 Å². The van der Waals surface area contributed by atoms with E-state index in [1.54, 1.807) is 0 Å². The summed E-state index contributed by atoms with van der Waals surface area (Å²) in [6.07, 6.45) is 2.30. The average molecular weight is 319 g/mol. The minimum Gasteiger partial charge on any atom is -0.0646 e. The Bertz CT molecular complexity index is 807. The van der Waals surface area contributed by atoms with Crippen LogP contribution in [0.3, 0.4) is 0 Å². The van der Waals surface area contributed by atoms with Crippen molar-refractivity contribution in [3.63, 3.8) is 0 Å². The van der Waals surface area contributed by atoms with Crippen molar-refractivity contribution in [2.24, 2.45) is 0 Å². The van der Waals surface area contributed by atoms with Crippen LogP contribution in [0.1, 0.15) is 65.5 Å². The molecule has 126 valence electrons. The average Bonchev–Trinajstić information content (AvgIpc) is 2.58. The Morgan fingerprint density at radius 3 is 1.29 bits per heavy atom. The summed E-state index contributed by atoms with van der Waals surface area (Å²) < 4.78 is 0. The van der Waals surface area contributed by atoms with E-state index in [1.807, 2.05) is 0 Å². The van der Waals surface area contributed by atoms with E-state index in [-0.39, 0.29) is 10.8 Å². The zero-order valence-electron chi connectivity index (χ0n) is 16.0. The van der Waals surface area contributed by atoms with Crippen molar-refractivity contribution in [2.75, 3.05) is 0 Å². The van der Waals surface area contributed by atoms with Gasteiger partial charge in [-0.2, -0.15) is 0 Å². The molecule has 0 saturated heterocycles. The van der Waals surface area contributed by atoms with Crippen LogP contribution in [0.5, 0.6) is 0 Å². The first-order valence-electron chi connectivity index (χ1n) is 9.26. The van der Waals surface area contributed by atoms with Crippen molar-refractivity contribution in [1.29, 1.82) is 0 Å². The summed E-state index contributed by atoms with van der Waals surface area (Å²) in [5.74, 6) is 0. The lowest BCUT2D eigenvalue weighted by Crippen LogP contribution is -2.25. The minimum absolute atomic E-state index is 0.196. The first kappa shape index (κ1) is 17.0.